The molecule has 2 heterocycles. The van der Waals surface area contributed by atoms with Crippen molar-refractivity contribution < 1.29 is 4.42 Å². The molecule has 0 amide bonds. The molecule has 0 atom stereocenters. The molecule has 0 spiro atoms. The summed E-state index contributed by atoms with van der Waals surface area (Å²) < 4.78 is 6.69. The topological polar surface area (TPSA) is 51.8 Å². The van der Waals surface area contributed by atoms with E-state index < -0.39 is 8.07 Å². The van der Waals surface area contributed by atoms with Gasteiger partial charge in [0.15, 0.2) is 17.5 Å². The third kappa shape index (κ3) is 6.26. The average molecular weight is 700 g/mol. The highest BCUT2D eigenvalue weighted by molar-refractivity contribution is 6.88. The monoisotopic (exact) mass is 699 g/mol. The van der Waals surface area contributed by atoms with Crippen molar-refractivity contribution in [2.24, 2.45) is 0 Å². The largest absolute Gasteiger partial charge is 0.455 e. The van der Waals surface area contributed by atoms with Crippen LogP contribution in [-0.4, -0.2) is 23.0 Å². The average Bonchev–Trinajstić information content (AvgIpc) is 3.60. The molecule has 0 aliphatic heterocycles. The lowest BCUT2D eigenvalue weighted by atomic mass is 9.97. The molecule has 0 radical (unpaired) electrons. The molecule has 9 aromatic rings. The standard InChI is InChI=1S/C48H37N3OSi/c1-53(2,3)39-29-27-34(28-30-39)33-23-25-36(26-24-33)47-49-46(35-15-8-5-9-16-35)50-48(51-47)42-21-12-22-43-44(42)41-20-11-19-40(45(41)52-43)38-18-10-17-37(31-38)32-13-6-4-7-14-32/h4-31H,1-3H3. The number of hydrogen-bond donors (Lipinski definition) is 0. The number of fused-ring (bicyclic) bond motifs is 3. The number of aromatic nitrogens is 3. The molecule has 0 aliphatic carbocycles. The maximum Gasteiger partial charge on any atom is 0.164 e. The third-order valence-electron chi connectivity index (χ3n) is 9.94. The minimum atomic E-state index is -1.37. The van der Waals surface area contributed by atoms with Crippen molar-refractivity contribution in [3.8, 4) is 67.5 Å². The van der Waals surface area contributed by atoms with E-state index in [9.17, 15) is 0 Å². The summed E-state index contributed by atoms with van der Waals surface area (Å²) in [5.74, 6) is 1.85. The Morgan fingerprint density at radius 1 is 0.396 bits per heavy atom. The van der Waals surface area contributed by atoms with E-state index in [2.05, 4.69) is 141 Å². The van der Waals surface area contributed by atoms with E-state index in [0.717, 1.165) is 60.9 Å². The van der Waals surface area contributed by atoms with Crippen molar-refractivity contribution in [1.82, 2.24) is 15.0 Å². The molecule has 0 fully saturated rings. The number of benzene rings is 7. The second-order valence-corrected chi connectivity index (χ2v) is 19.6. The highest BCUT2D eigenvalue weighted by Crippen LogP contribution is 2.41. The van der Waals surface area contributed by atoms with Crippen LogP contribution < -0.4 is 5.19 Å². The Morgan fingerprint density at radius 3 is 1.57 bits per heavy atom. The van der Waals surface area contributed by atoms with Gasteiger partial charge in [-0.3, -0.25) is 0 Å². The van der Waals surface area contributed by atoms with Gasteiger partial charge in [0.1, 0.15) is 11.2 Å². The third-order valence-corrected chi connectivity index (χ3v) is 12.0. The van der Waals surface area contributed by atoms with Gasteiger partial charge in [0.2, 0.25) is 0 Å². The van der Waals surface area contributed by atoms with E-state index in [1.165, 1.54) is 16.3 Å². The molecular formula is C48H37N3OSi. The Labute approximate surface area is 310 Å². The fourth-order valence-corrected chi connectivity index (χ4v) is 8.24. The SMILES string of the molecule is C[Si](C)(C)c1ccc(-c2ccc(-c3nc(-c4ccccc4)nc(-c4cccc5oc6c(-c7cccc(-c8ccccc8)c7)cccc6c45)n3)cc2)cc1. The summed E-state index contributed by atoms with van der Waals surface area (Å²) in [5.41, 5.74) is 11.2. The first-order valence-corrected chi connectivity index (χ1v) is 21.5. The zero-order chi connectivity index (χ0) is 35.9. The lowest BCUT2D eigenvalue weighted by molar-refractivity contribution is 0.670. The van der Waals surface area contributed by atoms with Crippen molar-refractivity contribution in [2.45, 2.75) is 19.6 Å². The van der Waals surface area contributed by atoms with Crippen molar-refractivity contribution in [1.29, 1.82) is 0 Å². The first kappa shape index (κ1) is 32.5. The van der Waals surface area contributed by atoms with E-state index in [1.807, 2.05) is 48.5 Å². The Bertz CT molecular complexity index is 2730. The summed E-state index contributed by atoms with van der Waals surface area (Å²) >= 11 is 0. The Morgan fingerprint density at radius 2 is 0.887 bits per heavy atom. The van der Waals surface area contributed by atoms with Crippen LogP contribution in [-0.2, 0) is 0 Å². The summed E-state index contributed by atoms with van der Waals surface area (Å²) in [6.07, 6.45) is 0. The van der Waals surface area contributed by atoms with E-state index in [4.69, 9.17) is 19.4 Å². The van der Waals surface area contributed by atoms with Gasteiger partial charge in [-0.05, 0) is 39.9 Å². The van der Waals surface area contributed by atoms with E-state index in [-0.39, 0.29) is 0 Å². The first-order valence-electron chi connectivity index (χ1n) is 18.0. The fraction of sp³-hybridized carbons (Fsp3) is 0.0625. The molecule has 7 aromatic carbocycles. The van der Waals surface area contributed by atoms with Gasteiger partial charge in [0.25, 0.3) is 0 Å². The lowest BCUT2D eigenvalue weighted by Crippen LogP contribution is -2.37. The van der Waals surface area contributed by atoms with Gasteiger partial charge in [0.05, 0.1) is 8.07 Å². The number of nitrogens with zero attached hydrogens (tertiary/aromatic N) is 3. The molecule has 4 nitrogen and oxygen atoms in total. The van der Waals surface area contributed by atoms with Crippen molar-refractivity contribution in [3.63, 3.8) is 0 Å². The molecule has 0 N–H and O–H groups in total. The van der Waals surface area contributed by atoms with Crippen LogP contribution in [0.15, 0.2) is 174 Å². The first-order chi connectivity index (χ1) is 25.9. The smallest absolute Gasteiger partial charge is 0.164 e. The minimum absolute atomic E-state index is 0.602. The maximum atomic E-state index is 6.69. The Balaban J connectivity index is 1.16. The predicted molar refractivity (Wildman–Crippen MR) is 223 cm³/mol. The van der Waals surface area contributed by atoms with Crippen LogP contribution in [0.1, 0.15) is 0 Å². The minimum Gasteiger partial charge on any atom is -0.455 e. The Hall–Kier alpha value is -6.43. The van der Waals surface area contributed by atoms with Crippen LogP contribution in [0.4, 0.5) is 0 Å². The zero-order valence-corrected chi connectivity index (χ0v) is 30.9. The van der Waals surface area contributed by atoms with Crippen molar-refractivity contribution in [3.05, 3.63) is 170 Å². The van der Waals surface area contributed by atoms with Crippen molar-refractivity contribution in [2.75, 3.05) is 0 Å². The Kier molecular flexibility index (Phi) is 8.13. The van der Waals surface area contributed by atoms with Crippen LogP contribution in [0.25, 0.3) is 89.5 Å². The quantitative estimate of drug-likeness (QED) is 0.155. The second-order valence-electron chi connectivity index (χ2n) is 14.5. The molecule has 9 rings (SSSR count). The van der Waals surface area contributed by atoms with Crippen molar-refractivity contribution >= 4 is 35.2 Å². The summed E-state index contributed by atoms with van der Waals surface area (Å²) in [7, 11) is -1.37. The lowest BCUT2D eigenvalue weighted by Gasteiger charge is -2.16. The normalized spacial score (nSPS) is 11.7. The van der Waals surface area contributed by atoms with Crippen LogP contribution in [0.3, 0.4) is 0 Å². The van der Waals surface area contributed by atoms with E-state index in [1.54, 1.807) is 0 Å². The highest BCUT2D eigenvalue weighted by atomic mass is 28.3. The number of hydrogen-bond acceptors (Lipinski definition) is 4. The summed E-state index contributed by atoms with van der Waals surface area (Å²) in [6, 6.07) is 59.3. The molecule has 254 valence electrons. The van der Waals surface area contributed by atoms with Gasteiger partial charge in [-0.25, -0.2) is 15.0 Å². The van der Waals surface area contributed by atoms with Gasteiger partial charge in [0, 0.05) is 33.0 Å². The fourth-order valence-electron chi connectivity index (χ4n) is 7.07. The number of rotatable bonds is 7. The van der Waals surface area contributed by atoms with Crippen LogP contribution >= 0.6 is 0 Å². The van der Waals surface area contributed by atoms with E-state index in [0.29, 0.717) is 17.5 Å². The van der Waals surface area contributed by atoms with E-state index >= 15 is 0 Å². The molecule has 0 bridgehead atoms. The summed E-state index contributed by atoms with van der Waals surface area (Å²) in [6.45, 7) is 7.13. The van der Waals surface area contributed by atoms with Crippen LogP contribution in [0.5, 0.6) is 0 Å². The molecule has 53 heavy (non-hydrogen) atoms. The molecule has 0 saturated carbocycles. The summed E-state index contributed by atoms with van der Waals surface area (Å²) in [4.78, 5) is 15.3. The number of furan rings is 1. The molecule has 5 heteroatoms. The van der Waals surface area contributed by atoms with Gasteiger partial charge < -0.3 is 4.42 Å². The molecule has 0 unspecified atom stereocenters. The molecule has 0 aliphatic rings. The molecular weight excluding hydrogens is 663 g/mol. The zero-order valence-electron chi connectivity index (χ0n) is 29.9. The van der Waals surface area contributed by atoms with Gasteiger partial charge >= 0.3 is 0 Å². The highest BCUT2D eigenvalue weighted by Gasteiger charge is 2.20. The second kappa shape index (κ2) is 13.3. The van der Waals surface area contributed by atoms with Gasteiger partial charge in [-0.2, -0.15) is 0 Å². The van der Waals surface area contributed by atoms with Gasteiger partial charge in [-0.1, -0.05) is 183 Å². The van der Waals surface area contributed by atoms with Gasteiger partial charge in [-0.15, -0.1) is 0 Å². The maximum absolute atomic E-state index is 6.69. The molecule has 2 aromatic heterocycles. The summed E-state index contributed by atoms with van der Waals surface area (Å²) in [5, 5.41) is 3.46. The number of para-hydroxylation sites is 1. The van der Waals surface area contributed by atoms with Crippen LogP contribution in [0.2, 0.25) is 19.6 Å². The van der Waals surface area contributed by atoms with Crippen LogP contribution in [0, 0.1) is 0 Å². The molecule has 0 saturated heterocycles. The predicted octanol–water partition coefficient (Wildman–Crippen LogP) is 12.3.